The molecule has 0 heterocycles. The lowest BCUT2D eigenvalue weighted by atomic mass is 10.0. The molecular weight excluding hydrogens is 321 g/mol. The molecule has 2 aromatic rings. The molecule has 0 radical (unpaired) electrons. The lowest BCUT2D eigenvalue weighted by molar-refractivity contribution is -0.132. The predicted molar refractivity (Wildman–Crippen MR) is 95.5 cm³/mol. The molecule has 0 aliphatic rings. The highest BCUT2D eigenvalue weighted by Gasteiger charge is 2.18. The fourth-order valence-corrected chi connectivity index (χ4v) is 2.18. The van der Waals surface area contributed by atoms with Crippen LogP contribution in [0.25, 0.3) is 5.76 Å². The number of halogens is 1. The molecule has 0 amide bonds. The van der Waals surface area contributed by atoms with E-state index >= 15 is 0 Å². The zero-order chi connectivity index (χ0) is 18.4. The number of carboxylic acid groups (broad SMARTS) is 1. The second-order valence-corrected chi connectivity index (χ2v) is 5.15. The monoisotopic (exact) mass is 337 g/mol. The van der Waals surface area contributed by atoms with Gasteiger partial charge in [-0.25, -0.2) is 9.18 Å². The Kier molecular flexibility index (Phi) is 5.70. The Morgan fingerprint density at radius 3 is 2.48 bits per heavy atom. The van der Waals surface area contributed by atoms with Crippen molar-refractivity contribution >= 4 is 23.6 Å². The summed E-state index contributed by atoms with van der Waals surface area (Å²) in [7, 11) is 0. The average molecular weight is 337 g/mol. The number of aliphatic hydroxyl groups is 1. The van der Waals surface area contributed by atoms with Crippen molar-refractivity contribution in [1.82, 2.24) is 0 Å². The summed E-state index contributed by atoms with van der Waals surface area (Å²) in [5.41, 5.74) is 0.817. The summed E-state index contributed by atoms with van der Waals surface area (Å²) < 4.78 is 14.3. The Labute approximate surface area is 145 Å². The maximum atomic E-state index is 14.3. The molecule has 25 heavy (non-hydrogen) atoms. The van der Waals surface area contributed by atoms with Crippen LogP contribution in [-0.4, -0.2) is 22.4 Å². The topological polar surface area (TPSA) is 69.9 Å². The molecule has 0 aromatic heterocycles. The number of benzene rings is 2. The summed E-state index contributed by atoms with van der Waals surface area (Å²) in [5.74, 6) is -0.279. The summed E-state index contributed by atoms with van der Waals surface area (Å²) in [6.07, 6.45) is 6.67. The van der Waals surface area contributed by atoms with Gasteiger partial charge in [0.25, 0.3) is 0 Å². The molecule has 0 bridgehead atoms. The van der Waals surface area contributed by atoms with E-state index in [2.05, 4.69) is 10.9 Å². The van der Waals surface area contributed by atoms with Crippen LogP contribution in [-0.2, 0) is 11.2 Å². The van der Waals surface area contributed by atoms with E-state index < -0.39 is 23.1 Å². The molecule has 0 atom stereocenters. The Balaban J connectivity index is 2.45. The SMILES string of the molecule is C#Cc1ccc(N=CC(C(=O)O)=C(O)c2cccc(CC)c2F)cc1. The first kappa shape index (κ1) is 18.0. The Hall–Kier alpha value is -3.39. The summed E-state index contributed by atoms with van der Waals surface area (Å²) in [6.45, 7) is 1.77. The number of terminal acetylenes is 1. The van der Waals surface area contributed by atoms with Gasteiger partial charge in [0.2, 0.25) is 0 Å². The van der Waals surface area contributed by atoms with Crippen LogP contribution >= 0.6 is 0 Å². The standard InChI is InChI=1S/C20H16FNO3/c1-3-13-8-10-15(11-9-13)22-12-17(20(24)25)19(23)16-7-5-6-14(4-2)18(16)21/h1,5-12,23H,4H2,2H3,(H,24,25). The molecular formula is C20H16FNO3. The van der Waals surface area contributed by atoms with Crippen LogP contribution in [0.2, 0.25) is 0 Å². The van der Waals surface area contributed by atoms with Crippen LogP contribution in [0.4, 0.5) is 10.1 Å². The third-order valence-electron chi connectivity index (χ3n) is 3.58. The number of aryl methyl sites for hydroxylation is 1. The number of rotatable bonds is 5. The van der Waals surface area contributed by atoms with Crippen molar-refractivity contribution in [2.45, 2.75) is 13.3 Å². The number of aliphatic imine (C=N–C) groups is 1. The van der Waals surface area contributed by atoms with Gasteiger partial charge in [0.15, 0.2) is 0 Å². The van der Waals surface area contributed by atoms with E-state index in [1.54, 1.807) is 43.3 Å². The molecule has 2 rings (SSSR count). The van der Waals surface area contributed by atoms with Gasteiger partial charge in [0.1, 0.15) is 17.1 Å². The number of carboxylic acids is 1. The second-order valence-electron chi connectivity index (χ2n) is 5.15. The molecule has 126 valence electrons. The highest BCUT2D eigenvalue weighted by atomic mass is 19.1. The van der Waals surface area contributed by atoms with E-state index in [1.165, 1.54) is 6.07 Å². The molecule has 0 saturated heterocycles. The normalized spacial score (nSPS) is 11.9. The fourth-order valence-electron chi connectivity index (χ4n) is 2.18. The van der Waals surface area contributed by atoms with E-state index in [-0.39, 0.29) is 5.56 Å². The predicted octanol–water partition coefficient (Wildman–Crippen LogP) is 4.13. The zero-order valence-corrected chi connectivity index (χ0v) is 13.5. The molecule has 2 N–H and O–H groups in total. The summed E-state index contributed by atoms with van der Waals surface area (Å²) in [6, 6.07) is 11.0. The lowest BCUT2D eigenvalue weighted by Gasteiger charge is -2.08. The van der Waals surface area contributed by atoms with E-state index in [0.717, 1.165) is 6.21 Å². The van der Waals surface area contributed by atoms with Crippen LogP contribution in [0.5, 0.6) is 0 Å². The number of hydrogen-bond acceptors (Lipinski definition) is 3. The molecule has 0 spiro atoms. The van der Waals surface area contributed by atoms with Crippen molar-refractivity contribution in [3.05, 3.63) is 70.5 Å². The lowest BCUT2D eigenvalue weighted by Crippen LogP contribution is -2.07. The van der Waals surface area contributed by atoms with Crippen molar-refractivity contribution in [3.8, 4) is 12.3 Å². The summed E-state index contributed by atoms with van der Waals surface area (Å²) >= 11 is 0. The number of nitrogens with zero attached hydrogens (tertiary/aromatic N) is 1. The molecule has 0 fully saturated rings. The quantitative estimate of drug-likeness (QED) is 0.373. The van der Waals surface area contributed by atoms with Crippen LogP contribution in [0.15, 0.2) is 53.0 Å². The fraction of sp³-hybridized carbons (Fsp3) is 0.100. The zero-order valence-electron chi connectivity index (χ0n) is 13.5. The first-order valence-corrected chi connectivity index (χ1v) is 7.53. The largest absolute Gasteiger partial charge is 0.506 e. The molecule has 0 saturated carbocycles. The smallest absolute Gasteiger partial charge is 0.341 e. The molecule has 0 aliphatic heterocycles. The van der Waals surface area contributed by atoms with Gasteiger partial charge in [-0.05, 0) is 42.3 Å². The highest BCUT2D eigenvalue weighted by molar-refractivity contribution is 6.14. The van der Waals surface area contributed by atoms with Gasteiger partial charge in [-0.3, -0.25) is 4.99 Å². The number of carbonyl (C=O) groups is 1. The minimum absolute atomic E-state index is 0.175. The first-order chi connectivity index (χ1) is 12.0. The van der Waals surface area contributed by atoms with Gasteiger partial charge in [-0.15, -0.1) is 6.42 Å². The molecule has 2 aromatic carbocycles. The summed E-state index contributed by atoms with van der Waals surface area (Å²) in [5, 5.41) is 19.6. The van der Waals surface area contributed by atoms with Gasteiger partial charge in [-0.2, -0.15) is 0 Å². The minimum atomic E-state index is -1.41. The van der Waals surface area contributed by atoms with Crippen LogP contribution < -0.4 is 0 Å². The Morgan fingerprint density at radius 2 is 1.92 bits per heavy atom. The Bertz CT molecular complexity index is 890. The maximum absolute atomic E-state index is 14.3. The van der Waals surface area contributed by atoms with Gasteiger partial charge in [0, 0.05) is 11.8 Å². The third-order valence-corrected chi connectivity index (χ3v) is 3.58. The van der Waals surface area contributed by atoms with Crippen molar-refractivity contribution in [1.29, 1.82) is 0 Å². The van der Waals surface area contributed by atoms with Crippen LogP contribution in [0.1, 0.15) is 23.6 Å². The number of hydrogen-bond donors (Lipinski definition) is 2. The second kappa shape index (κ2) is 7.93. The molecule has 0 unspecified atom stereocenters. The highest BCUT2D eigenvalue weighted by Crippen LogP contribution is 2.23. The van der Waals surface area contributed by atoms with Gasteiger partial charge < -0.3 is 10.2 Å². The van der Waals surface area contributed by atoms with Crippen molar-refractivity contribution < 1.29 is 19.4 Å². The first-order valence-electron chi connectivity index (χ1n) is 7.53. The average Bonchev–Trinajstić information content (AvgIpc) is 2.62. The van der Waals surface area contributed by atoms with Crippen molar-refractivity contribution in [2.75, 3.05) is 0 Å². The molecule has 4 nitrogen and oxygen atoms in total. The van der Waals surface area contributed by atoms with Crippen LogP contribution in [0.3, 0.4) is 0 Å². The van der Waals surface area contributed by atoms with E-state index in [1.807, 2.05) is 0 Å². The van der Waals surface area contributed by atoms with Crippen molar-refractivity contribution in [3.63, 3.8) is 0 Å². The minimum Gasteiger partial charge on any atom is -0.506 e. The van der Waals surface area contributed by atoms with Gasteiger partial charge in [-0.1, -0.05) is 25.0 Å². The van der Waals surface area contributed by atoms with E-state index in [4.69, 9.17) is 6.42 Å². The third kappa shape index (κ3) is 4.12. The van der Waals surface area contributed by atoms with E-state index in [0.29, 0.717) is 23.2 Å². The Morgan fingerprint density at radius 1 is 1.24 bits per heavy atom. The molecule has 0 aliphatic carbocycles. The van der Waals surface area contributed by atoms with E-state index in [9.17, 15) is 19.4 Å². The number of aliphatic hydroxyl groups excluding tert-OH is 1. The summed E-state index contributed by atoms with van der Waals surface area (Å²) in [4.78, 5) is 15.5. The van der Waals surface area contributed by atoms with Crippen LogP contribution in [0, 0.1) is 18.2 Å². The van der Waals surface area contributed by atoms with Gasteiger partial charge >= 0.3 is 5.97 Å². The molecule has 5 heteroatoms. The van der Waals surface area contributed by atoms with Crippen molar-refractivity contribution in [2.24, 2.45) is 4.99 Å². The van der Waals surface area contributed by atoms with Gasteiger partial charge in [0.05, 0.1) is 11.3 Å². The maximum Gasteiger partial charge on any atom is 0.341 e. The number of aliphatic carboxylic acids is 1.